The Labute approximate surface area is 120 Å². The predicted octanol–water partition coefficient (Wildman–Crippen LogP) is 2.72. The van der Waals surface area contributed by atoms with E-state index >= 15 is 0 Å². The molecule has 0 N–H and O–H groups in total. The van der Waals surface area contributed by atoms with Gasteiger partial charge in [-0.05, 0) is 25.1 Å². The summed E-state index contributed by atoms with van der Waals surface area (Å²) in [5, 5.41) is 0. The summed E-state index contributed by atoms with van der Waals surface area (Å²) in [5.41, 5.74) is -0.584. The third kappa shape index (κ3) is 3.87. The van der Waals surface area contributed by atoms with Crippen molar-refractivity contribution in [3.05, 3.63) is 29.3 Å². The molecule has 0 aromatic heterocycles. The molecule has 1 aromatic carbocycles. The van der Waals surface area contributed by atoms with Crippen molar-refractivity contribution in [2.45, 2.75) is 13.1 Å². The molecule has 0 amide bonds. The number of rotatable bonds is 3. The first-order chi connectivity index (χ1) is 9.91. The van der Waals surface area contributed by atoms with Crippen LogP contribution in [0.25, 0.3) is 0 Å². The zero-order valence-corrected chi connectivity index (χ0v) is 11.6. The van der Waals surface area contributed by atoms with Crippen molar-refractivity contribution in [3.63, 3.8) is 0 Å². The molecule has 1 heterocycles. The Hall–Kier alpha value is -1.76. The van der Waals surface area contributed by atoms with E-state index in [1.54, 1.807) is 11.8 Å². The molecule has 0 atom stereocenters. The average Bonchev–Trinajstić information content (AvgIpc) is 2.47. The number of morpholine rings is 1. The molecule has 4 nitrogen and oxygen atoms in total. The first-order valence-electron chi connectivity index (χ1n) is 6.64. The molecule has 0 spiro atoms. The van der Waals surface area contributed by atoms with Crippen molar-refractivity contribution in [2.75, 3.05) is 37.8 Å². The number of hydrogen-bond donors (Lipinski definition) is 0. The van der Waals surface area contributed by atoms with Gasteiger partial charge < -0.3 is 14.4 Å². The minimum Gasteiger partial charge on any atom is -0.462 e. The Morgan fingerprint density at radius 1 is 1.29 bits per heavy atom. The third-order valence-electron chi connectivity index (χ3n) is 3.13. The maximum atomic E-state index is 13.0. The SMILES string of the molecule is CCOC(=O)c1cc(N2CCOCC2)cc(C(F)(F)F)c1. The Bertz CT molecular complexity index is 511. The molecule has 1 aliphatic heterocycles. The molecule has 1 aliphatic rings. The molecule has 0 aliphatic carbocycles. The van der Waals surface area contributed by atoms with E-state index in [-0.39, 0.29) is 12.2 Å². The number of hydrogen-bond acceptors (Lipinski definition) is 4. The van der Waals surface area contributed by atoms with E-state index in [0.717, 1.165) is 12.1 Å². The van der Waals surface area contributed by atoms with Gasteiger partial charge in [0.2, 0.25) is 0 Å². The maximum Gasteiger partial charge on any atom is 0.416 e. The van der Waals surface area contributed by atoms with E-state index < -0.39 is 17.7 Å². The monoisotopic (exact) mass is 303 g/mol. The number of carbonyl (C=O) groups is 1. The number of halogens is 3. The van der Waals surface area contributed by atoms with Gasteiger partial charge in [0.1, 0.15) is 0 Å². The fraction of sp³-hybridized carbons (Fsp3) is 0.500. The number of alkyl halides is 3. The van der Waals surface area contributed by atoms with E-state index in [1.807, 2.05) is 0 Å². The van der Waals surface area contributed by atoms with Gasteiger partial charge in [0, 0.05) is 18.8 Å². The predicted molar refractivity (Wildman–Crippen MR) is 70.4 cm³/mol. The minimum atomic E-state index is -4.51. The van der Waals surface area contributed by atoms with Crippen LogP contribution in [-0.2, 0) is 15.7 Å². The van der Waals surface area contributed by atoms with Gasteiger partial charge in [-0.2, -0.15) is 13.2 Å². The van der Waals surface area contributed by atoms with Crippen LogP contribution in [0.2, 0.25) is 0 Å². The van der Waals surface area contributed by atoms with Crippen molar-refractivity contribution < 1.29 is 27.4 Å². The normalized spacial score (nSPS) is 15.9. The summed E-state index contributed by atoms with van der Waals surface area (Å²) in [6, 6.07) is 3.30. The first-order valence-corrected chi connectivity index (χ1v) is 6.64. The van der Waals surface area contributed by atoms with E-state index in [4.69, 9.17) is 9.47 Å². The Balaban J connectivity index is 2.39. The Morgan fingerprint density at radius 2 is 1.95 bits per heavy atom. The molecule has 0 unspecified atom stereocenters. The third-order valence-corrected chi connectivity index (χ3v) is 3.13. The average molecular weight is 303 g/mol. The van der Waals surface area contributed by atoms with Gasteiger partial charge in [-0.3, -0.25) is 0 Å². The molecular weight excluding hydrogens is 287 g/mol. The van der Waals surface area contributed by atoms with Crippen LogP contribution in [0.15, 0.2) is 18.2 Å². The van der Waals surface area contributed by atoms with Gasteiger partial charge in [-0.1, -0.05) is 0 Å². The lowest BCUT2D eigenvalue weighted by molar-refractivity contribution is -0.137. The zero-order valence-electron chi connectivity index (χ0n) is 11.6. The molecule has 0 radical (unpaired) electrons. The summed E-state index contributed by atoms with van der Waals surface area (Å²) in [7, 11) is 0. The van der Waals surface area contributed by atoms with Gasteiger partial charge in [0.05, 0.1) is 30.9 Å². The fourth-order valence-corrected chi connectivity index (χ4v) is 2.11. The zero-order chi connectivity index (χ0) is 15.5. The molecule has 1 fully saturated rings. The summed E-state index contributed by atoms with van der Waals surface area (Å²) in [6.07, 6.45) is -4.51. The first kappa shape index (κ1) is 15.6. The molecular formula is C14H16F3NO3. The molecule has 1 aromatic rings. The van der Waals surface area contributed by atoms with Crippen LogP contribution in [0, 0.1) is 0 Å². The van der Waals surface area contributed by atoms with Crippen molar-refractivity contribution in [3.8, 4) is 0 Å². The highest BCUT2D eigenvalue weighted by Gasteiger charge is 2.32. The fourth-order valence-electron chi connectivity index (χ4n) is 2.11. The second-order valence-electron chi connectivity index (χ2n) is 4.59. The largest absolute Gasteiger partial charge is 0.462 e. The molecule has 21 heavy (non-hydrogen) atoms. The van der Waals surface area contributed by atoms with Crippen LogP contribution < -0.4 is 4.90 Å². The standard InChI is InChI=1S/C14H16F3NO3/c1-2-21-13(19)10-7-11(14(15,16)17)9-12(8-10)18-3-5-20-6-4-18/h7-9H,2-6H2,1H3. The van der Waals surface area contributed by atoms with Crippen LogP contribution in [0.3, 0.4) is 0 Å². The number of carbonyl (C=O) groups excluding carboxylic acids is 1. The van der Waals surface area contributed by atoms with Crippen LogP contribution in [-0.4, -0.2) is 38.9 Å². The maximum absolute atomic E-state index is 13.0. The van der Waals surface area contributed by atoms with E-state index in [0.29, 0.717) is 32.0 Å². The second kappa shape index (κ2) is 6.34. The quantitative estimate of drug-likeness (QED) is 0.805. The highest BCUT2D eigenvalue weighted by atomic mass is 19.4. The van der Waals surface area contributed by atoms with Crippen molar-refractivity contribution >= 4 is 11.7 Å². The van der Waals surface area contributed by atoms with E-state index in [1.165, 1.54) is 6.07 Å². The molecule has 1 saturated heterocycles. The number of esters is 1. The highest BCUT2D eigenvalue weighted by molar-refractivity contribution is 5.91. The topological polar surface area (TPSA) is 38.8 Å². The minimum absolute atomic E-state index is 0.0897. The summed E-state index contributed by atoms with van der Waals surface area (Å²) in [4.78, 5) is 13.5. The molecule has 2 rings (SSSR count). The second-order valence-corrected chi connectivity index (χ2v) is 4.59. The lowest BCUT2D eigenvalue weighted by Crippen LogP contribution is -2.36. The lowest BCUT2D eigenvalue weighted by atomic mass is 10.1. The Kier molecular flexibility index (Phi) is 4.72. The van der Waals surface area contributed by atoms with Crippen molar-refractivity contribution in [2.24, 2.45) is 0 Å². The highest BCUT2D eigenvalue weighted by Crippen LogP contribution is 2.33. The van der Waals surface area contributed by atoms with Gasteiger partial charge in [0.15, 0.2) is 0 Å². The number of ether oxygens (including phenoxy) is 2. The summed E-state index contributed by atoms with van der Waals surface area (Å²) >= 11 is 0. The summed E-state index contributed by atoms with van der Waals surface area (Å²) in [5.74, 6) is -0.752. The molecule has 7 heteroatoms. The van der Waals surface area contributed by atoms with Crippen molar-refractivity contribution in [1.29, 1.82) is 0 Å². The van der Waals surface area contributed by atoms with Crippen LogP contribution in [0.4, 0.5) is 18.9 Å². The van der Waals surface area contributed by atoms with Crippen LogP contribution in [0.1, 0.15) is 22.8 Å². The number of nitrogens with zero attached hydrogens (tertiary/aromatic N) is 1. The van der Waals surface area contributed by atoms with Gasteiger partial charge in [0.25, 0.3) is 0 Å². The Morgan fingerprint density at radius 3 is 2.52 bits per heavy atom. The molecule has 116 valence electrons. The van der Waals surface area contributed by atoms with Crippen LogP contribution >= 0.6 is 0 Å². The van der Waals surface area contributed by atoms with Crippen molar-refractivity contribution in [1.82, 2.24) is 0 Å². The van der Waals surface area contributed by atoms with E-state index in [2.05, 4.69) is 0 Å². The number of anilines is 1. The smallest absolute Gasteiger partial charge is 0.416 e. The molecule has 0 bridgehead atoms. The number of benzene rings is 1. The lowest BCUT2D eigenvalue weighted by Gasteiger charge is -2.29. The summed E-state index contributed by atoms with van der Waals surface area (Å²) in [6.45, 7) is 3.60. The molecule has 0 saturated carbocycles. The van der Waals surface area contributed by atoms with Gasteiger partial charge >= 0.3 is 12.1 Å². The van der Waals surface area contributed by atoms with Gasteiger partial charge in [-0.15, -0.1) is 0 Å². The van der Waals surface area contributed by atoms with Gasteiger partial charge in [-0.25, -0.2) is 4.79 Å². The van der Waals surface area contributed by atoms with E-state index in [9.17, 15) is 18.0 Å². The summed E-state index contributed by atoms with van der Waals surface area (Å²) < 4.78 is 48.9. The van der Waals surface area contributed by atoms with Crippen LogP contribution in [0.5, 0.6) is 0 Å².